The minimum Gasteiger partial charge on any atom is -0.468 e. The van der Waals surface area contributed by atoms with Gasteiger partial charge in [0, 0.05) is 25.0 Å². The molecule has 0 aromatic carbocycles. The molecule has 2 aliphatic rings. The van der Waals surface area contributed by atoms with Gasteiger partial charge in [0.1, 0.15) is 6.04 Å². The highest BCUT2D eigenvalue weighted by molar-refractivity contribution is 5.76. The van der Waals surface area contributed by atoms with E-state index >= 15 is 0 Å². The second kappa shape index (κ2) is 3.49. The molecule has 2 rings (SSSR count). The molecule has 2 saturated heterocycles. The van der Waals surface area contributed by atoms with Crippen molar-refractivity contribution >= 4 is 5.97 Å². The second-order valence-corrected chi connectivity index (χ2v) is 4.17. The Hall–Kier alpha value is -0.650. The minimum atomic E-state index is -0.272. The Kier molecular flexibility index (Phi) is 2.47. The Morgan fingerprint density at radius 1 is 1.64 bits per heavy atom. The number of methoxy groups -OCH3 is 1. The largest absolute Gasteiger partial charge is 0.468 e. The summed E-state index contributed by atoms with van der Waals surface area (Å²) < 4.78 is 9.84. The molecular weight excluding hydrogens is 184 g/mol. The molecule has 0 aromatic rings. The molecule has 2 fully saturated rings. The first-order valence-electron chi connectivity index (χ1n) is 4.80. The number of rotatable bonds is 3. The lowest BCUT2D eigenvalue weighted by molar-refractivity contribution is -0.202. The van der Waals surface area contributed by atoms with Crippen molar-refractivity contribution in [1.29, 1.82) is 0 Å². The van der Waals surface area contributed by atoms with Crippen LogP contribution in [0.15, 0.2) is 0 Å². The van der Waals surface area contributed by atoms with E-state index in [0.29, 0.717) is 12.0 Å². The van der Waals surface area contributed by atoms with Crippen molar-refractivity contribution in [2.75, 3.05) is 40.0 Å². The molecule has 80 valence electrons. The molecule has 2 aliphatic heterocycles. The fourth-order valence-corrected chi connectivity index (χ4v) is 2.14. The summed E-state index contributed by atoms with van der Waals surface area (Å²) in [5.74, 6) is -0.234. The first-order chi connectivity index (χ1) is 6.71. The maximum atomic E-state index is 11.3. The summed E-state index contributed by atoms with van der Waals surface area (Å²) in [5, 5.41) is 0. The molecule has 0 aliphatic carbocycles. The maximum Gasteiger partial charge on any atom is 0.324 e. The third kappa shape index (κ3) is 1.41. The molecular formula is C9H16N2O3. The smallest absolute Gasteiger partial charge is 0.324 e. The number of hydrogen-bond donors (Lipinski definition) is 1. The van der Waals surface area contributed by atoms with E-state index in [2.05, 4.69) is 9.64 Å². The Labute approximate surface area is 83.1 Å². The topological polar surface area (TPSA) is 64.8 Å². The molecule has 1 spiro atoms. The third-order valence-electron chi connectivity index (χ3n) is 3.03. The van der Waals surface area contributed by atoms with Crippen LogP contribution >= 0.6 is 0 Å². The van der Waals surface area contributed by atoms with E-state index in [1.165, 1.54) is 7.11 Å². The quantitative estimate of drug-likeness (QED) is 0.581. The molecule has 5 heteroatoms. The summed E-state index contributed by atoms with van der Waals surface area (Å²) in [7, 11) is 1.40. The van der Waals surface area contributed by atoms with Crippen molar-refractivity contribution in [3.8, 4) is 0 Å². The highest BCUT2D eigenvalue weighted by Gasteiger charge is 2.51. The highest BCUT2D eigenvalue weighted by Crippen LogP contribution is 2.38. The van der Waals surface area contributed by atoms with Gasteiger partial charge in [0.15, 0.2) is 0 Å². The SMILES string of the molecule is COC(=O)C(CN)N1CC2(COC2)C1. The number of ether oxygens (including phenoxy) is 2. The Balaban J connectivity index is 1.86. The van der Waals surface area contributed by atoms with Gasteiger partial charge in [-0.25, -0.2) is 0 Å². The summed E-state index contributed by atoms with van der Waals surface area (Å²) >= 11 is 0. The highest BCUT2D eigenvalue weighted by atomic mass is 16.5. The van der Waals surface area contributed by atoms with Crippen LogP contribution in [0.4, 0.5) is 0 Å². The zero-order valence-electron chi connectivity index (χ0n) is 8.36. The van der Waals surface area contributed by atoms with E-state index in [1.807, 2.05) is 0 Å². The molecule has 0 saturated carbocycles. The van der Waals surface area contributed by atoms with Gasteiger partial charge in [-0.15, -0.1) is 0 Å². The molecule has 0 aromatic heterocycles. The van der Waals surface area contributed by atoms with Crippen LogP contribution in [0.1, 0.15) is 0 Å². The standard InChI is InChI=1S/C9H16N2O3/c1-13-8(12)7(2-10)11-3-9(4-11)5-14-6-9/h7H,2-6,10H2,1H3. The Morgan fingerprint density at radius 3 is 2.64 bits per heavy atom. The van der Waals surface area contributed by atoms with Crippen molar-refractivity contribution in [1.82, 2.24) is 4.90 Å². The number of nitrogens with zero attached hydrogens (tertiary/aromatic N) is 1. The van der Waals surface area contributed by atoms with Crippen LogP contribution in [0.2, 0.25) is 0 Å². The van der Waals surface area contributed by atoms with Gasteiger partial charge < -0.3 is 15.2 Å². The van der Waals surface area contributed by atoms with Gasteiger partial charge in [-0.1, -0.05) is 0 Å². The average Bonchev–Trinajstić information content (AvgIpc) is 2.06. The number of hydrogen-bond acceptors (Lipinski definition) is 5. The first-order valence-corrected chi connectivity index (χ1v) is 4.80. The number of esters is 1. The van der Waals surface area contributed by atoms with Crippen molar-refractivity contribution in [3.05, 3.63) is 0 Å². The van der Waals surface area contributed by atoms with Crippen molar-refractivity contribution in [2.45, 2.75) is 6.04 Å². The predicted octanol–water partition coefficient (Wildman–Crippen LogP) is -1.18. The van der Waals surface area contributed by atoms with E-state index < -0.39 is 0 Å². The van der Waals surface area contributed by atoms with Crippen LogP contribution in [0, 0.1) is 5.41 Å². The monoisotopic (exact) mass is 200 g/mol. The Morgan fingerprint density at radius 2 is 2.29 bits per heavy atom. The number of carbonyl (C=O) groups excluding carboxylic acids is 1. The van der Waals surface area contributed by atoms with Crippen LogP contribution in [-0.2, 0) is 14.3 Å². The van der Waals surface area contributed by atoms with Crippen LogP contribution in [0.25, 0.3) is 0 Å². The number of nitrogens with two attached hydrogens (primary N) is 1. The van der Waals surface area contributed by atoms with Gasteiger partial charge in [-0.2, -0.15) is 0 Å². The summed E-state index contributed by atoms with van der Waals surface area (Å²) in [6.07, 6.45) is 0. The van der Waals surface area contributed by atoms with Gasteiger partial charge in [0.05, 0.1) is 20.3 Å². The molecule has 0 amide bonds. The second-order valence-electron chi connectivity index (χ2n) is 4.17. The fraction of sp³-hybridized carbons (Fsp3) is 0.889. The summed E-state index contributed by atoms with van der Waals surface area (Å²) in [5.41, 5.74) is 5.85. The molecule has 14 heavy (non-hydrogen) atoms. The van der Waals surface area contributed by atoms with E-state index in [1.54, 1.807) is 0 Å². The van der Waals surface area contributed by atoms with Gasteiger partial charge in [0.2, 0.25) is 0 Å². The maximum absolute atomic E-state index is 11.3. The van der Waals surface area contributed by atoms with E-state index in [4.69, 9.17) is 10.5 Å². The van der Waals surface area contributed by atoms with Crippen LogP contribution < -0.4 is 5.73 Å². The molecule has 2 heterocycles. The normalized spacial score (nSPS) is 26.4. The van der Waals surface area contributed by atoms with Crippen molar-refractivity contribution < 1.29 is 14.3 Å². The molecule has 1 unspecified atom stereocenters. The lowest BCUT2D eigenvalue weighted by atomic mass is 9.77. The zero-order valence-corrected chi connectivity index (χ0v) is 8.36. The molecule has 5 nitrogen and oxygen atoms in total. The fourth-order valence-electron chi connectivity index (χ4n) is 2.14. The average molecular weight is 200 g/mol. The molecule has 0 bridgehead atoms. The predicted molar refractivity (Wildman–Crippen MR) is 49.7 cm³/mol. The molecule has 0 radical (unpaired) electrons. The lowest BCUT2D eigenvalue weighted by Gasteiger charge is -2.56. The lowest BCUT2D eigenvalue weighted by Crippen LogP contribution is -2.70. The van der Waals surface area contributed by atoms with Gasteiger partial charge in [-0.3, -0.25) is 9.69 Å². The van der Waals surface area contributed by atoms with Gasteiger partial charge in [0.25, 0.3) is 0 Å². The third-order valence-corrected chi connectivity index (χ3v) is 3.03. The summed E-state index contributed by atoms with van der Waals surface area (Å²) in [6, 6.07) is -0.272. The molecule has 1 atom stereocenters. The van der Waals surface area contributed by atoms with E-state index in [0.717, 1.165) is 26.3 Å². The van der Waals surface area contributed by atoms with Gasteiger partial charge >= 0.3 is 5.97 Å². The first kappa shape index (κ1) is 9.89. The number of carbonyl (C=O) groups is 1. The van der Waals surface area contributed by atoms with Crippen LogP contribution in [0.5, 0.6) is 0 Å². The summed E-state index contributed by atoms with van der Waals surface area (Å²) in [4.78, 5) is 13.4. The van der Waals surface area contributed by atoms with E-state index in [9.17, 15) is 4.79 Å². The van der Waals surface area contributed by atoms with Crippen molar-refractivity contribution in [2.24, 2.45) is 11.1 Å². The zero-order chi connectivity index (χ0) is 10.2. The molecule has 2 N–H and O–H groups in total. The van der Waals surface area contributed by atoms with Gasteiger partial charge in [-0.05, 0) is 0 Å². The van der Waals surface area contributed by atoms with Crippen molar-refractivity contribution in [3.63, 3.8) is 0 Å². The minimum absolute atomic E-state index is 0.234. The van der Waals surface area contributed by atoms with Crippen LogP contribution in [-0.4, -0.2) is 56.9 Å². The number of likely N-dealkylation sites (tertiary alicyclic amines) is 1. The Bertz CT molecular complexity index is 232. The van der Waals surface area contributed by atoms with E-state index in [-0.39, 0.29) is 12.0 Å². The van der Waals surface area contributed by atoms with Crippen LogP contribution in [0.3, 0.4) is 0 Å². The summed E-state index contributed by atoms with van der Waals surface area (Å²) in [6.45, 7) is 3.78.